The number of carbonyl (C=O) groups is 2. The lowest BCUT2D eigenvalue weighted by atomic mass is 10.2. The van der Waals surface area contributed by atoms with E-state index in [-0.39, 0.29) is 18.4 Å². The lowest BCUT2D eigenvalue weighted by Crippen LogP contribution is -2.40. The van der Waals surface area contributed by atoms with Crippen LogP contribution in [-0.2, 0) is 14.3 Å². The Kier molecular flexibility index (Phi) is 6.78. The minimum atomic E-state index is -0.289. The first-order chi connectivity index (χ1) is 9.45. The number of rotatable bonds is 6. The fourth-order valence-corrected chi connectivity index (χ4v) is 2.07. The number of carbonyl (C=O) groups excluding carboxylic acids is 2. The number of halogens is 2. The van der Waals surface area contributed by atoms with Gasteiger partial charge in [0, 0.05) is 25.6 Å². The third-order valence-corrected chi connectivity index (χ3v) is 3.05. The lowest BCUT2D eigenvalue weighted by Gasteiger charge is -2.22. The van der Waals surface area contributed by atoms with Gasteiger partial charge >= 0.3 is 0 Å². The molecule has 1 aromatic carbocycles. The summed E-state index contributed by atoms with van der Waals surface area (Å²) in [6.45, 7) is 2.05. The van der Waals surface area contributed by atoms with Gasteiger partial charge in [0.25, 0.3) is 0 Å². The first kappa shape index (κ1) is 16.8. The molecule has 0 aromatic heterocycles. The van der Waals surface area contributed by atoms with Gasteiger partial charge in [-0.05, 0) is 18.2 Å². The van der Waals surface area contributed by atoms with Crippen LogP contribution in [0, 0.1) is 0 Å². The molecule has 1 rings (SSSR count). The number of benzene rings is 1. The molecule has 1 N–H and O–H groups in total. The Bertz CT molecular complexity index is 495. The Morgan fingerprint density at radius 2 is 2.05 bits per heavy atom. The monoisotopic (exact) mass is 318 g/mol. The van der Waals surface area contributed by atoms with Crippen molar-refractivity contribution in [2.45, 2.75) is 6.92 Å². The highest BCUT2D eigenvalue weighted by Gasteiger charge is 2.18. The van der Waals surface area contributed by atoms with Gasteiger partial charge in [0.1, 0.15) is 6.54 Å². The number of ether oxygens (including phenoxy) is 1. The molecule has 7 heteroatoms. The van der Waals surface area contributed by atoms with Crippen molar-refractivity contribution in [3.8, 4) is 0 Å². The van der Waals surface area contributed by atoms with Crippen molar-refractivity contribution in [3.05, 3.63) is 28.2 Å². The molecule has 0 spiro atoms. The standard InChI is InChI=1S/C13H16Cl2N2O3/c1-9(18)17(8-13(19)16-5-6-20-2)12-4-3-10(14)7-11(12)15/h3-4,7H,5-6,8H2,1-2H3,(H,16,19). The SMILES string of the molecule is COCCNC(=O)CN(C(C)=O)c1ccc(Cl)cc1Cl. The molecule has 0 aliphatic rings. The molecule has 0 radical (unpaired) electrons. The lowest BCUT2D eigenvalue weighted by molar-refractivity contribution is -0.123. The van der Waals surface area contributed by atoms with E-state index in [9.17, 15) is 9.59 Å². The van der Waals surface area contributed by atoms with Crippen LogP contribution in [0.5, 0.6) is 0 Å². The van der Waals surface area contributed by atoms with Gasteiger partial charge in [0.2, 0.25) is 11.8 Å². The van der Waals surface area contributed by atoms with E-state index in [0.717, 1.165) is 0 Å². The van der Waals surface area contributed by atoms with E-state index in [1.807, 2.05) is 0 Å². The normalized spacial score (nSPS) is 10.2. The van der Waals surface area contributed by atoms with Crippen molar-refractivity contribution in [3.63, 3.8) is 0 Å². The van der Waals surface area contributed by atoms with E-state index in [4.69, 9.17) is 27.9 Å². The number of amides is 2. The summed E-state index contributed by atoms with van der Waals surface area (Å²) in [4.78, 5) is 24.7. The van der Waals surface area contributed by atoms with Crippen LogP contribution in [0.2, 0.25) is 10.0 Å². The second-order valence-electron chi connectivity index (χ2n) is 4.04. The predicted molar refractivity (Wildman–Crippen MR) is 79.4 cm³/mol. The number of methoxy groups -OCH3 is 1. The van der Waals surface area contributed by atoms with Crippen LogP contribution in [0.25, 0.3) is 0 Å². The summed E-state index contributed by atoms with van der Waals surface area (Å²) in [7, 11) is 1.54. The Hall–Kier alpha value is -1.30. The molecule has 110 valence electrons. The van der Waals surface area contributed by atoms with Gasteiger partial charge in [-0.1, -0.05) is 23.2 Å². The molecule has 0 saturated carbocycles. The van der Waals surface area contributed by atoms with Crippen LogP contribution in [0.15, 0.2) is 18.2 Å². The molecular formula is C13H16Cl2N2O3. The van der Waals surface area contributed by atoms with Crippen molar-refractivity contribution in [1.29, 1.82) is 0 Å². The Labute approximate surface area is 127 Å². The first-order valence-corrected chi connectivity index (χ1v) is 6.70. The summed E-state index contributed by atoms with van der Waals surface area (Å²) in [6, 6.07) is 4.74. The summed E-state index contributed by atoms with van der Waals surface area (Å²) < 4.78 is 4.83. The molecule has 0 fully saturated rings. The number of hydrogen-bond acceptors (Lipinski definition) is 3. The average Bonchev–Trinajstić information content (AvgIpc) is 2.37. The van der Waals surface area contributed by atoms with Gasteiger partial charge in [0.05, 0.1) is 17.3 Å². The average molecular weight is 319 g/mol. The molecule has 0 saturated heterocycles. The Balaban J connectivity index is 2.79. The second kappa shape index (κ2) is 8.09. The maximum atomic E-state index is 11.8. The second-order valence-corrected chi connectivity index (χ2v) is 4.89. The summed E-state index contributed by atoms with van der Waals surface area (Å²) in [6.07, 6.45) is 0. The van der Waals surface area contributed by atoms with E-state index in [1.165, 1.54) is 17.9 Å². The highest BCUT2D eigenvalue weighted by Crippen LogP contribution is 2.28. The summed E-state index contributed by atoms with van der Waals surface area (Å²) in [5.41, 5.74) is 0.449. The molecule has 2 amide bonds. The van der Waals surface area contributed by atoms with Gasteiger partial charge in [-0.25, -0.2) is 0 Å². The van der Waals surface area contributed by atoms with Gasteiger partial charge < -0.3 is 15.0 Å². The fraction of sp³-hybridized carbons (Fsp3) is 0.385. The molecule has 0 heterocycles. The van der Waals surface area contributed by atoms with Crippen molar-refractivity contribution >= 4 is 40.7 Å². The molecule has 1 aromatic rings. The van der Waals surface area contributed by atoms with Gasteiger partial charge in [-0.2, -0.15) is 0 Å². The van der Waals surface area contributed by atoms with Crippen LogP contribution in [-0.4, -0.2) is 38.6 Å². The quantitative estimate of drug-likeness (QED) is 0.817. The van der Waals surface area contributed by atoms with Crippen LogP contribution in [0.3, 0.4) is 0 Å². The van der Waals surface area contributed by atoms with Crippen molar-refractivity contribution < 1.29 is 14.3 Å². The zero-order valence-electron chi connectivity index (χ0n) is 11.3. The van der Waals surface area contributed by atoms with Crippen LogP contribution in [0.4, 0.5) is 5.69 Å². The van der Waals surface area contributed by atoms with E-state index < -0.39 is 0 Å². The van der Waals surface area contributed by atoms with Gasteiger partial charge in [0.15, 0.2) is 0 Å². The molecule has 5 nitrogen and oxygen atoms in total. The topological polar surface area (TPSA) is 58.6 Å². The molecule has 0 atom stereocenters. The summed E-state index contributed by atoms with van der Waals surface area (Å²) >= 11 is 11.9. The number of hydrogen-bond donors (Lipinski definition) is 1. The summed E-state index contributed by atoms with van der Waals surface area (Å²) in [5, 5.41) is 3.42. The fourth-order valence-electron chi connectivity index (χ4n) is 1.56. The Morgan fingerprint density at radius 1 is 1.35 bits per heavy atom. The Morgan fingerprint density at radius 3 is 2.60 bits per heavy atom. The molecule has 0 unspecified atom stereocenters. The first-order valence-electron chi connectivity index (χ1n) is 5.94. The highest BCUT2D eigenvalue weighted by atomic mass is 35.5. The number of nitrogens with zero attached hydrogens (tertiary/aromatic N) is 1. The maximum Gasteiger partial charge on any atom is 0.240 e. The van der Waals surface area contributed by atoms with Crippen molar-refractivity contribution in [2.75, 3.05) is 31.7 Å². The van der Waals surface area contributed by atoms with Crippen LogP contribution >= 0.6 is 23.2 Å². The van der Waals surface area contributed by atoms with Gasteiger partial charge in [-0.15, -0.1) is 0 Å². The van der Waals surface area contributed by atoms with Crippen LogP contribution < -0.4 is 10.2 Å². The molecule has 0 aliphatic heterocycles. The van der Waals surface area contributed by atoms with Crippen LogP contribution in [0.1, 0.15) is 6.92 Å². The van der Waals surface area contributed by atoms with E-state index in [0.29, 0.717) is 28.9 Å². The molecule has 20 heavy (non-hydrogen) atoms. The maximum absolute atomic E-state index is 11.8. The minimum Gasteiger partial charge on any atom is -0.383 e. The zero-order valence-corrected chi connectivity index (χ0v) is 12.8. The van der Waals surface area contributed by atoms with E-state index >= 15 is 0 Å². The number of nitrogens with one attached hydrogen (secondary N) is 1. The van der Waals surface area contributed by atoms with Crippen molar-refractivity contribution in [2.24, 2.45) is 0 Å². The minimum absolute atomic E-state index is 0.111. The molecule has 0 aliphatic carbocycles. The molecule has 0 bridgehead atoms. The largest absolute Gasteiger partial charge is 0.383 e. The smallest absolute Gasteiger partial charge is 0.240 e. The van der Waals surface area contributed by atoms with E-state index in [1.54, 1.807) is 19.2 Å². The number of anilines is 1. The zero-order chi connectivity index (χ0) is 15.1. The predicted octanol–water partition coefficient (Wildman–Crippen LogP) is 2.11. The third-order valence-electron chi connectivity index (χ3n) is 2.51. The van der Waals surface area contributed by atoms with Gasteiger partial charge in [-0.3, -0.25) is 9.59 Å². The summed E-state index contributed by atoms with van der Waals surface area (Å²) in [5.74, 6) is -0.570. The third kappa shape index (κ3) is 5.00. The van der Waals surface area contributed by atoms with E-state index in [2.05, 4.69) is 5.32 Å². The van der Waals surface area contributed by atoms with Crippen molar-refractivity contribution in [1.82, 2.24) is 5.32 Å². The highest BCUT2D eigenvalue weighted by molar-refractivity contribution is 6.36. The molecular weight excluding hydrogens is 303 g/mol.